The number of nitrogens with one attached hydrogen (secondary N) is 1. The van der Waals surface area contributed by atoms with Crippen LogP contribution in [-0.2, 0) is 9.53 Å². The van der Waals surface area contributed by atoms with E-state index in [0.717, 1.165) is 17.8 Å². The van der Waals surface area contributed by atoms with Crippen LogP contribution < -0.4 is 10.2 Å². The van der Waals surface area contributed by atoms with Crippen molar-refractivity contribution >= 4 is 33.9 Å². The van der Waals surface area contributed by atoms with E-state index in [1.165, 1.54) is 12.1 Å². The molecule has 0 fully saturated rings. The summed E-state index contributed by atoms with van der Waals surface area (Å²) in [7, 11) is 0. The molecule has 0 bridgehead atoms. The number of likely N-dealkylation sites (N-methyl/N-ethyl adjacent to an activating group) is 1. The van der Waals surface area contributed by atoms with E-state index in [4.69, 9.17) is 4.74 Å². The minimum Gasteiger partial charge on any atom is -0.451 e. The van der Waals surface area contributed by atoms with Crippen molar-refractivity contribution in [2.45, 2.75) is 13.8 Å². The van der Waals surface area contributed by atoms with Gasteiger partial charge < -0.3 is 15.0 Å². The summed E-state index contributed by atoms with van der Waals surface area (Å²) in [5, 5.41) is 13.2. The van der Waals surface area contributed by atoms with Gasteiger partial charge in [0.05, 0.1) is 4.92 Å². The van der Waals surface area contributed by atoms with E-state index in [1.54, 1.807) is 0 Å². The summed E-state index contributed by atoms with van der Waals surface area (Å²) in [6.07, 6.45) is 0. The van der Waals surface area contributed by atoms with Gasteiger partial charge in [-0.2, -0.15) is 0 Å². The number of hydrogen-bond acceptors (Lipinski definition) is 7. The molecule has 0 aliphatic heterocycles. The number of carbonyl (C=O) groups excluding carboxylic acids is 2. The van der Waals surface area contributed by atoms with Gasteiger partial charge in [-0.05, 0) is 37.6 Å². The molecule has 2 rings (SSSR count). The summed E-state index contributed by atoms with van der Waals surface area (Å²) in [6.45, 7) is 5.45. The number of anilines is 1. The lowest BCUT2D eigenvalue weighted by molar-refractivity contribution is -0.380. The van der Waals surface area contributed by atoms with Crippen molar-refractivity contribution in [1.82, 2.24) is 5.32 Å². The fourth-order valence-electron chi connectivity index (χ4n) is 2.41. The molecule has 1 aromatic carbocycles. The summed E-state index contributed by atoms with van der Waals surface area (Å²) in [5.41, 5.74) is 2.24. The average Bonchev–Trinajstić information content (AvgIpc) is 3.14. The van der Waals surface area contributed by atoms with Gasteiger partial charge in [0.2, 0.25) is 0 Å². The second-order valence-electron chi connectivity index (χ2n) is 5.74. The molecular weight excluding hydrogens is 370 g/mol. The summed E-state index contributed by atoms with van der Waals surface area (Å²) in [6, 6.07) is 10.6. The molecule has 2 aromatic rings. The number of nitrogens with zero attached hydrogens (tertiary/aromatic N) is 2. The Bertz CT molecular complexity index is 821. The second-order valence-corrected chi connectivity index (χ2v) is 6.80. The quantitative estimate of drug-likeness (QED) is 0.401. The first-order chi connectivity index (χ1) is 12.9. The molecule has 1 N–H and O–H groups in total. The van der Waals surface area contributed by atoms with Crippen molar-refractivity contribution in [3.05, 3.63) is 57.0 Å². The number of nitro groups is 1. The minimum atomic E-state index is -0.752. The van der Waals surface area contributed by atoms with E-state index in [-0.39, 0.29) is 9.88 Å². The van der Waals surface area contributed by atoms with E-state index >= 15 is 0 Å². The number of ether oxygens (including phenoxy) is 1. The van der Waals surface area contributed by atoms with Crippen molar-refractivity contribution < 1.29 is 19.2 Å². The van der Waals surface area contributed by atoms with Crippen LogP contribution >= 0.6 is 11.3 Å². The van der Waals surface area contributed by atoms with Crippen molar-refractivity contribution in [3.63, 3.8) is 0 Å². The molecule has 0 atom stereocenters. The lowest BCUT2D eigenvalue weighted by Crippen LogP contribution is -2.36. The van der Waals surface area contributed by atoms with Crippen molar-refractivity contribution in [2.24, 2.45) is 0 Å². The number of benzene rings is 1. The number of hydrogen-bond donors (Lipinski definition) is 1. The molecule has 1 amide bonds. The maximum atomic E-state index is 11.8. The second kappa shape index (κ2) is 9.67. The zero-order valence-electron chi connectivity index (χ0n) is 15.1. The zero-order chi connectivity index (χ0) is 19.8. The van der Waals surface area contributed by atoms with Gasteiger partial charge in [-0.3, -0.25) is 14.9 Å². The fourth-order valence-corrected chi connectivity index (χ4v) is 3.13. The van der Waals surface area contributed by atoms with Gasteiger partial charge in [0.15, 0.2) is 6.61 Å². The maximum absolute atomic E-state index is 11.8. The van der Waals surface area contributed by atoms with Crippen LogP contribution in [0.1, 0.15) is 22.2 Å². The minimum absolute atomic E-state index is 0.0890. The van der Waals surface area contributed by atoms with Crippen molar-refractivity contribution in [1.29, 1.82) is 0 Å². The Morgan fingerprint density at radius 3 is 2.70 bits per heavy atom. The number of rotatable bonds is 9. The summed E-state index contributed by atoms with van der Waals surface area (Å²) in [5.74, 6) is -1.17. The first kappa shape index (κ1) is 20.4. The average molecular weight is 391 g/mol. The van der Waals surface area contributed by atoms with E-state index in [2.05, 4.69) is 16.3 Å². The molecule has 1 heterocycles. The van der Waals surface area contributed by atoms with Crippen LogP contribution in [0.5, 0.6) is 0 Å². The first-order valence-electron chi connectivity index (χ1n) is 8.40. The number of amides is 1. The number of aryl methyl sites for hydroxylation is 1. The molecule has 8 nitrogen and oxygen atoms in total. The molecule has 0 aliphatic rings. The Morgan fingerprint density at radius 1 is 1.30 bits per heavy atom. The highest BCUT2D eigenvalue weighted by molar-refractivity contribution is 7.17. The highest BCUT2D eigenvalue weighted by Gasteiger charge is 2.17. The van der Waals surface area contributed by atoms with Crippen molar-refractivity contribution in [2.75, 3.05) is 31.1 Å². The van der Waals surface area contributed by atoms with Crippen LogP contribution in [-0.4, -0.2) is 43.0 Å². The third-order valence-electron chi connectivity index (χ3n) is 3.76. The maximum Gasteiger partial charge on any atom is 0.349 e. The molecule has 0 saturated heterocycles. The van der Waals surface area contributed by atoms with Gasteiger partial charge in [0.25, 0.3) is 5.91 Å². The van der Waals surface area contributed by atoms with Crippen molar-refractivity contribution in [3.8, 4) is 0 Å². The van der Waals surface area contributed by atoms with Crippen LogP contribution in [0.25, 0.3) is 0 Å². The van der Waals surface area contributed by atoms with E-state index in [0.29, 0.717) is 24.4 Å². The van der Waals surface area contributed by atoms with Crippen LogP contribution in [0.15, 0.2) is 36.4 Å². The van der Waals surface area contributed by atoms with Gasteiger partial charge in [-0.25, -0.2) is 4.79 Å². The SMILES string of the molecule is CCN(CCNC(=O)COC(=O)c1ccc([N+](=O)[O-])s1)c1cccc(C)c1. The number of thiophene rings is 1. The van der Waals surface area contributed by atoms with E-state index < -0.39 is 23.4 Å². The molecule has 0 radical (unpaired) electrons. The summed E-state index contributed by atoms with van der Waals surface area (Å²) < 4.78 is 4.89. The predicted molar refractivity (Wildman–Crippen MR) is 103 cm³/mol. The zero-order valence-corrected chi connectivity index (χ0v) is 16.0. The Labute approximate surface area is 160 Å². The lowest BCUT2D eigenvalue weighted by atomic mass is 10.2. The van der Waals surface area contributed by atoms with Gasteiger partial charge in [-0.1, -0.05) is 23.5 Å². The van der Waals surface area contributed by atoms with E-state index in [9.17, 15) is 19.7 Å². The van der Waals surface area contributed by atoms with Gasteiger partial charge in [0, 0.05) is 31.4 Å². The normalized spacial score (nSPS) is 10.3. The molecule has 0 aliphatic carbocycles. The molecule has 0 unspecified atom stereocenters. The Morgan fingerprint density at radius 2 is 2.07 bits per heavy atom. The first-order valence-corrected chi connectivity index (χ1v) is 9.22. The monoisotopic (exact) mass is 391 g/mol. The molecule has 144 valence electrons. The van der Waals surface area contributed by atoms with Crippen LogP contribution in [0, 0.1) is 17.0 Å². The molecule has 0 spiro atoms. The highest BCUT2D eigenvalue weighted by atomic mass is 32.1. The molecule has 9 heteroatoms. The van der Waals surface area contributed by atoms with Crippen LogP contribution in [0.4, 0.5) is 10.7 Å². The fraction of sp³-hybridized carbons (Fsp3) is 0.333. The van der Waals surface area contributed by atoms with Crippen LogP contribution in [0.2, 0.25) is 0 Å². The van der Waals surface area contributed by atoms with Gasteiger partial charge in [0.1, 0.15) is 4.88 Å². The highest BCUT2D eigenvalue weighted by Crippen LogP contribution is 2.24. The third-order valence-corrected chi connectivity index (χ3v) is 4.78. The van der Waals surface area contributed by atoms with Crippen LogP contribution in [0.3, 0.4) is 0 Å². The summed E-state index contributed by atoms with van der Waals surface area (Å²) in [4.78, 5) is 35.9. The lowest BCUT2D eigenvalue weighted by Gasteiger charge is -2.23. The smallest absolute Gasteiger partial charge is 0.349 e. The molecule has 0 saturated carbocycles. The number of carbonyl (C=O) groups is 2. The summed E-state index contributed by atoms with van der Waals surface area (Å²) >= 11 is 0.712. The molecular formula is C18H21N3O5S. The Hall–Kier alpha value is -2.94. The topological polar surface area (TPSA) is 102 Å². The standard InChI is InChI=1S/C18H21N3O5S/c1-3-20(14-6-4-5-13(2)11-14)10-9-19-16(22)12-26-18(23)15-7-8-17(27-15)21(24)25/h4-8,11H,3,9-10,12H2,1-2H3,(H,19,22). The Balaban J connectivity index is 1.75. The van der Waals surface area contributed by atoms with E-state index in [1.807, 2.05) is 32.0 Å². The third kappa shape index (κ3) is 6.07. The van der Waals surface area contributed by atoms with Gasteiger partial charge in [-0.15, -0.1) is 0 Å². The van der Waals surface area contributed by atoms with Gasteiger partial charge >= 0.3 is 11.0 Å². The Kier molecular flexibility index (Phi) is 7.30. The predicted octanol–water partition coefficient (Wildman–Crippen LogP) is 2.76. The number of esters is 1. The largest absolute Gasteiger partial charge is 0.451 e. The molecule has 27 heavy (non-hydrogen) atoms. The molecule has 1 aromatic heterocycles.